The van der Waals surface area contributed by atoms with Gasteiger partial charge in [0.2, 0.25) is 11.8 Å². The molecule has 1 atom stereocenters. The van der Waals surface area contributed by atoms with E-state index in [2.05, 4.69) is 0 Å². The molecule has 2 fully saturated rings. The van der Waals surface area contributed by atoms with Gasteiger partial charge in [-0.2, -0.15) is 17.6 Å². The normalized spacial score (nSPS) is 17.3. The van der Waals surface area contributed by atoms with Crippen molar-refractivity contribution < 1.29 is 50.9 Å². The smallest absolute Gasteiger partial charge is 0.387 e. The Labute approximate surface area is 324 Å². The zero-order valence-electron chi connectivity index (χ0n) is 31.4. The summed E-state index contributed by atoms with van der Waals surface area (Å²) in [6.07, 6.45) is 1.15. The number of aliphatic carboxylic acids is 1. The number of fused-ring (bicyclic) bond motifs is 2. The fourth-order valence-corrected chi connectivity index (χ4v) is 8.20. The van der Waals surface area contributed by atoms with E-state index in [0.29, 0.717) is 83.8 Å². The Bertz CT molecular complexity index is 2480. The van der Waals surface area contributed by atoms with Crippen LogP contribution in [0.1, 0.15) is 42.0 Å². The van der Waals surface area contributed by atoms with Crippen LogP contribution in [0.2, 0.25) is 0 Å². The quantitative estimate of drug-likeness (QED) is 0.109. The summed E-state index contributed by atoms with van der Waals surface area (Å²) in [5.74, 6) is -0.505. The average Bonchev–Trinajstić information content (AvgIpc) is 3.89. The molecular formula is C42H40F4N4O7. The van der Waals surface area contributed by atoms with Crippen LogP contribution in [0, 0.1) is 19.3 Å². The number of alkyl halides is 4. The molecule has 298 valence electrons. The van der Waals surface area contributed by atoms with Gasteiger partial charge in [-0.15, -0.1) is 0 Å². The third kappa shape index (κ3) is 7.54. The van der Waals surface area contributed by atoms with Gasteiger partial charge in [-0.25, -0.2) is 9.97 Å². The number of hydrogen-bond donors (Lipinski definition) is 2. The molecule has 11 nitrogen and oxygen atoms in total. The molecule has 2 saturated heterocycles. The first kappa shape index (κ1) is 38.4. The molecule has 2 aliphatic rings. The SMILES string of the molecule is Cc1c(-c2nc3cc(CN4CC(C)(CO)C4)c(OC(F)F)cc3o2)cccc1-c1cccc(-c2nc3cc(CN4CCC[C@H]4C(=O)O)c(OC(F)F)cc3o2)c1C. The van der Waals surface area contributed by atoms with Gasteiger partial charge in [0.25, 0.3) is 0 Å². The Balaban J connectivity index is 1.11. The van der Waals surface area contributed by atoms with Crippen molar-refractivity contribution in [2.24, 2.45) is 5.41 Å². The second-order valence-corrected chi connectivity index (χ2v) is 15.2. The molecule has 0 bridgehead atoms. The van der Waals surface area contributed by atoms with Gasteiger partial charge in [-0.3, -0.25) is 14.6 Å². The van der Waals surface area contributed by atoms with Crippen LogP contribution in [0.15, 0.2) is 69.5 Å². The number of benzene rings is 4. The van der Waals surface area contributed by atoms with Gasteiger partial charge in [0.15, 0.2) is 11.2 Å². The van der Waals surface area contributed by atoms with E-state index in [4.69, 9.17) is 28.3 Å². The number of nitrogens with zero attached hydrogens (tertiary/aromatic N) is 4. The largest absolute Gasteiger partial charge is 0.480 e. The van der Waals surface area contributed by atoms with E-state index >= 15 is 0 Å². The summed E-state index contributed by atoms with van der Waals surface area (Å²) in [6.45, 7) is 1.92. The first-order valence-electron chi connectivity index (χ1n) is 18.6. The highest BCUT2D eigenvalue weighted by Gasteiger charge is 2.38. The standard InChI is InChI=1S/C42H40F4N4O7/c1-22-26(7-4-9-28(22)37-47-30-13-24(17-49-19-42(3,20-49)21-51)33(56-40(43)44)15-35(30)54-37)27-8-5-10-29(23(27)2)38-48-31-14-25(18-50-12-6-11-32(50)39(52)53)34(57-41(45)46)16-36(31)55-38/h4-5,7-10,13-16,32,40-41,51H,6,11-12,17-21H2,1-3H3,(H,52,53)/t32-/m0/s1. The summed E-state index contributed by atoms with van der Waals surface area (Å²) in [5, 5.41) is 19.3. The van der Waals surface area contributed by atoms with E-state index in [-0.39, 0.29) is 41.5 Å². The molecule has 0 unspecified atom stereocenters. The maximum atomic E-state index is 13.5. The predicted octanol–water partition coefficient (Wildman–Crippen LogP) is 8.65. The molecular weight excluding hydrogens is 748 g/mol. The summed E-state index contributed by atoms with van der Waals surface area (Å²) in [4.78, 5) is 25.1. The monoisotopic (exact) mass is 788 g/mol. The van der Waals surface area contributed by atoms with E-state index < -0.39 is 25.2 Å². The molecule has 0 radical (unpaired) electrons. The highest BCUT2D eigenvalue weighted by atomic mass is 19.3. The summed E-state index contributed by atoms with van der Waals surface area (Å²) in [5.41, 5.74) is 6.85. The first-order valence-corrected chi connectivity index (χ1v) is 18.6. The van der Waals surface area contributed by atoms with Crippen LogP contribution in [0.4, 0.5) is 17.6 Å². The van der Waals surface area contributed by atoms with Crippen molar-refractivity contribution in [2.45, 2.75) is 66.0 Å². The molecule has 6 aromatic rings. The number of hydrogen-bond acceptors (Lipinski definition) is 10. The highest BCUT2D eigenvalue weighted by Crippen LogP contribution is 2.40. The number of carboxylic acids is 1. The number of halogens is 4. The predicted molar refractivity (Wildman–Crippen MR) is 202 cm³/mol. The lowest BCUT2D eigenvalue weighted by atomic mass is 9.82. The lowest BCUT2D eigenvalue weighted by molar-refractivity contribution is -0.142. The van der Waals surface area contributed by atoms with Crippen LogP contribution >= 0.6 is 0 Å². The number of rotatable bonds is 13. The maximum Gasteiger partial charge on any atom is 0.387 e. The number of carboxylic acid groups (broad SMARTS) is 1. The highest BCUT2D eigenvalue weighted by molar-refractivity contribution is 5.85. The van der Waals surface area contributed by atoms with E-state index in [0.717, 1.165) is 22.3 Å². The molecule has 2 aromatic heterocycles. The summed E-state index contributed by atoms with van der Waals surface area (Å²) in [6, 6.07) is 16.8. The maximum absolute atomic E-state index is 13.5. The number of aliphatic hydroxyl groups excluding tert-OH is 1. The van der Waals surface area contributed by atoms with Crippen molar-refractivity contribution in [3.8, 4) is 45.5 Å². The Morgan fingerprint density at radius 1 is 0.825 bits per heavy atom. The summed E-state index contributed by atoms with van der Waals surface area (Å²) < 4.78 is 76.0. The number of ether oxygens (including phenoxy) is 2. The molecule has 0 aliphatic carbocycles. The fraction of sp³-hybridized carbons (Fsp3) is 0.357. The topological polar surface area (TPSA) is 135 Å². The van der Waals surface area contributed by atoms with Gasteiger partial charge in [0.05, 0.1) is 6.61 Å². The van der Waals surface area contributed by atoms with E-state index in [1.807, 2.05) is 62.1 Å². The molecule has 0 saturated carbocycles. The summed E-state index contributed by atoms with van der Waals surface area (Å²) in [7, 11) is 0. The zero-order chi connectivity index (χ0) is 40.2. The zero-order valence-corrected chi connectivity index (χ0v) is 31.4. The van der Waals surface area contributed by atoms with Crippen molar-refractivity contribution in [2.75, 3.05) is 26.2 Å². The molecule has 0 spiro atoms. The third-order valence-electron chi connectivity index (χ3n) is 11.0. The van der Waals surface area contributed by atoms with Crippen LogP contribution in [-0.4, -0.2) is 81.5 Å². The minimum Gasteiger partial charge on any atom is -0.480 e. The van der Waals surface area contributed by atoms with Gasteiger partial charge >= 0.3 is 19.2 Å². The van der Waals surface area contributed by atoms with Crippen LogP contribution in [0.5, 0.6) is 11.5 Å². The van der Waals surface area contributed by atoms with Crippen LogP contribution < -0.4 is 9.47 Å². The molecule has 4 aromatic carbocycles. The van der Waals surface area contributed by atoms with Crippen LogP contribution in [0.3, 0.4) is 0 Å². The van der Waals surface area contributed by atoms with E-state index in [9.17, 15) is 32.6 Å². The van der Waals surface area contributed by atoms with Crippen LogP contribution in [0.25, 0.3) is 56.2 Å². The number of carbonyl (C=O) groups is 1. The van der Waals surface area contributed by atoms with Gasteiger partial charge in [-0.1, -0.05) is 31.2 Å². The number of likely N-dealkylation sites (tertiary alicyclic amines) is 2. The first-order chi connectivity index (χ1) is 27.3. The molecule has 8 rings (SSSR count). The molecule has 15 heteroatoms. The Morgan fingerprint density at radius 3 is 1.79 bits per heavy atom. The Hall–Kier alpha value is -5.51. The number of aromatic nitrogens is 2. The lowest BCUT2D eigenvalue weighted by Crippen LogP contribution is -2.55. The molecule has 57 heavy (non-hydrogen) atoms. The van der Waals surface area contributed by atoms with Gasteiger partial charge in [0.1, 0.15) is 28.6 Å². The minimum absolute atomic E-state index is 0.00215. The molecule has 0 amide bonds. The van der Waals surface area contributed by atoms with Gasteiger partial charge in [-0.05, 0) is 79.8 Å². The van der Waals surface area contributed by atoms with Crippen molar-refractivity contribution in [3.63, 3.8) is 0 Å². The van der Waals surface area contributed by atoms with E-state index in [1.165, 1.54) is 12.1 Å². The lowest BCUT2D eigenvalue weighted by Gasteiger charge is -2.47. The molecule has 2 aliphatic heterocycles. The van der Waals surface area contributed by atoms with Crippen LogP contribution in [-0.2, 0) is 17.9 Å². The third-order valence-corrected chi connectivity index (χ3v) is 11.0. The van der Waals surface area contributed by atoms with E-state index in [1.54, 1.807) is 17.0 Å². The van der Waals surface area contributed by atoms with Gasteiger partial charge in [0, 0.05) is 66.0 Å². The molecule has 4 heterocycles. The van der Waals surface area contributed by atoms with Crippen molar-refractivity contribution in [1.29, 1.82) is 0 Å². The minimum atomic E-state index is -3.10. The fourth-order valence-electron chi connectivity index (χ4n) is 8.20. The van der Waals surface area contributed by atoms with Crippen molar-refractivity contribution in [1.82, 2.24) is 19.8 Å². The van der Waals surface area contributed by atoms with Gasteiger partial charge < -0.3 is 28.5 Å². The average molecular weight is 789 g/mol. The van der Waals surface area contributed by atoms with Crippen molar-refractivity contribution >= 4 is 28.2 Å². The number of aliphatic hydroxyl groups is 1. The Morgan fingerprint density at radius 2 is 1.32 bits per heavy atom. The summed E-state index contributed by atoms with van der Waals surface area (Å²) >= 11 is 0. The second kappa shape index (κ2) is 15.1. The Kier molecular flexibility index (Phi) is 10.2. The molecule has 2 N–H and O–H groups in total. The van der Waals surface area contributed by atoms with Crippen molar-refractivity contribution in [3.05, 3.63) is 82.9 Å². The number of oxazole rings is 2. The second-order valence-electron chi connectivity index (χ2n) is 15.2.